The number of rotatable bonds is 8. The number of hydrogen-bond donors (Lipinski definition) is 0. The van der Waals surface area contributed by atoms with Crippen LogP contribution in [0.1, 0.15) is 47.9 Å². The normalized spacial score (nSPS) is 10.4. The smallest absolute Gasteiger partial charge is 0.240 e. The van der Waals surface area contributed by atoms with Crippen LogP contribution in [0.3, 0.4) is 0 Å². The Kier molecular flexibility index (Phi) is 9.16. The van der Waals surface area contributed by atoms with Gasteiger partial charge in [0.1, 0.15) is 5.69 Å². The van der Waals surface area contributed by atoms with E-state index in [2.05, 4.69) is 57.8 Å². The molecule has 0 aliphatic carbocycles. The van der Waals surface area contributed by atoms with Crippen LogP contribution in [0.15, 0.2) is 48.9 Å². The minimum Gasteiger partial charge on any atom is -0.479 e. The van der Waals surface area contributed by atoms with Gasteiger partial charge in [-0.05, 0) is 43.5 Å². The molecule has 0 saturated heterocycles. The molecule has 0 amide bonds. The van der Waals surface area contributed by atoms with Gasteiger partial charge in [-0.2, -0.15) is 0 Å². The third kappa shape index (κ3) is 5.97. The average Bonchev–Trinajstić information content (AvgIpc) is 3.22. The summed E-state index contributed by atoms with van der Waals surface area (Å²) in [6.07, 6.45) is 9.52. The number of aryl methyl sites for hydroxylation is 2. The van der Waals surface area contributed by atoms with Gasteiger partial charge in [0.25, 0.3) is 0 Å². The average molecular weight is 420 g/mol. The first-order valence-corrected chi connectivity index (χ1v) is 10.9. The Bertz CT molecular complexity index is 1020. The maximum absolute atomic E-state index is 5.45. The summed E-state index contributed by atoms with van der Waals surface area (Å²) in [4.78, 5) is 13.7. The standard InChI is InChI=1S/C23H23N3OS.C2H6/c1-5-20-21(6-2)26-23(27-4)22(25-20)18-12-9-11-17(14-18)10-7-8-13-19-15-28-16(3)24-19;1-2/h5-7,9-12,14-15H,1-2,8,13H2,3-4H3;1-2H3/b10-7+;. The van der Waals surface area contributed by atoms with Gasteiger partial charge >= 0.3 is 0 Å². The number of benzene rings is 1. The quantitative estimate of drug-likeness (QED) is 0.399. The molecule has 2 heterocycles. The maximum Gasteiger partial charge on any atom is 0.240 e. The molecule has 2 aromatic heterocycles. The van der Waals surface area contributed by atoms with E-state index in [1.807, 2.05) is 32.9 Å². The van der Waals surface area contributed by atoms with E-state index < -0.39 is 0 Å². The molecule has 0 N–H and O–H groups in total. The van der Waals surface area contributed by atoms with Gasteiger partial charge in [-0.3, -0.25) is 0 Å². The van der Waals surface area contributed by atoms with Crippen LogP contribution in [-0.2, 0) is 6.42 Å². The third-order valence-corrected chi connectivity index (χ3v) is 5.03. The van der Waals surface area contributed by atoms with Crippen LogP contribution < -0.4 is 4.74 Å². The Morgan fingerprint density at radius 1 is 1.07 bits per heavy atom. The van der Waals surface area contributed by atoms with E-state index in [0.29, 0.717) is 23.0 Å². The molecule has 156 valence electrons. The van der Waals surface area contributed by atoms with E-state index in [4.69, 9.17) is 4.74 Å². The number of thiazole rings is 1. The molecule has 3 rings (SSSR count). The largest absolute Gasteiger partial charge is 0.479 e. The molecule has 1 aromatic carbocycles. The highest BCUT2D eigenvalue weighted by atomic mass is 32.1. The lowest BCUT2D eigenvalue weighted by Crippen LogP contribution is -2.00. The van der Waals surface area contributed by atoms with Crippen LogP contribution in [0.4, 0.5) is 0 Å². The molecule has 0 atom stereocenters. The van der Waals surface area contributed by atoms with Crippen molar-refractivity contribution in [3.05, 3.63) is 76.5 Å². The van der Waals surface area contributed by atoms with Crippen LogP contribution in [0, 0.1) is 6.92 Å². The third-order valence-electron chi connectivity index (χ3n) is 4.20. The molecule has 0 radical (unpaired) electrons. The molecular formula is C25H29N3OS. The highest BCUT2D eigenvalue weighted by Gasteiger charge is 2.13. The number of nitrogens with zero attached hydrogens (tertiary/aromatic N) is 3. The molecule has 4 nitrogen and oxygen atoms in total. The zero-order valence-corrected chi connectivity index (χ0v) is 19.0. The fourth-order valence-corrected chi connectivity index (χ4v) is 3.49. The van der Waals surface area contributed by atoms with Gasteiger partial charge in [0, 0.05) is 10.9 Å². The molecule has 0 aliphatic heterocycles. The molecule has 0 spiro atoms. The van der Waals surface area contributed by atoms with Gasteiger partial charge in [-0.1, -0.05) is 57.4 Å². The number of hydrogen-bond acceptors (Lipinski definition) is 5. The van der Waals surface area contributed by atoms with Gasteiger partial charge in [0.05, 0.1) is 29.2 Å². The molecule has 0 bridgehead atoms. The van der Waals surface area contributed by atoms with Crippen molar-refractivity contribution >= 4 is 29.6 Å². The minimum atomic E-state index is 0.473. The lowest BCUT2D eigenvalue weighted by molar-refractivity contribution is 0.397. The van der Waals surface area contributed by atoms with Gasteiger partial charge in [0.2, 0.25) is 5.88 Å². The summed E-state index contributed by atoms with van der Waals surface area (Å²) in [6, 6.07) is 8.16. The van der Waals surface area contributed by atoms with Crippen molar-refractivity contribution in [2.75, 3.05) is 7.11 Å². The summed E-state index contributed by atoms with van der Waals surface area (Å²) < 4.78 is 5.45. The second kappa shape index (κ2) is 11.8. The number of methoxy groups -OCH3 is 1. The fraction of sp³-hybridized carbons (Fsp3) is 0.240. The summed E-state index contributed by atoms with van der Waals surface area (Å²) in [5.41, 5.74) is 5.23. The van der Waals surface area contributed by atoms with Gasteiger partial charge in [-0.15, -0.1) is 11.3 Å². The van der Waals surface area contributed by atoms with Crippen LogP contribution in [0.5, 0.6) is 5.88 Å². The first kappa shape index (κ1) is 23.2. The second-order valence-electron chi connectivity index (χ2n) is 6.18. The van der Waals surface area contributed by atoms with E-state index in [1.165, 1.54) is 0 Å². The zero-order chi connectivity index (χ0) is 21.9. The summed E-state index contributed by atoms with van der Waals surface area (Å²) in [5, 5.41) is 3.24. The van der Waals surface area contributed by atoms with Gasteiger partial charge in [0.15, 0.2) is 0 Å². The van der Waals surface area contributed by atoms with Crippen LogP contribution in [0.2, 0.25) is 0 Å². The predicted octanol–water partition coefficient (Wildman–Crippen LogP) is 6.88. The summed E-state index contributed by atoms with van der Waals surface area (Å²) in [5.74, 6) is 0.473. The Labute approximate surface area is 183 Å². The molecule has 0 aliphatic rings. The number of aromatic nitrogens is 3. The molecule has 3 aromatic rings. The van der Waals surface area contributed by atoms with Crippen molar-refractivity contribution in [1.82, 2.24) is 15.0 Å². The topological polar surface area (TPSA) is 47.9 Å². The summed E-state index contributed by atoms with van der Waals surface area (Å²) >= 11 is 1.69. The van der Waals surface area contributed by atoms with Crippen molar-refractivity contribution < 1.29 is 4.74 Å². The highest BCUT2D eigenvalue weighted by molar-refractivity contribution is 7.09. The maximum atomic E-state index is 5.45. The summed E-state index contributed by atoms with van der Waals surface area (Å²) in [6.45, 7) is 13.6. The summed E-state index contributed by atoms with van der Waals surface area (Å²) in [7, 11) is 1.60. The molecule has 5 heteroatoms. The van der Waals surface area contributed by atoms with Crippen molar-refractivity contribution in [2.45, 2.75) is 33.6 Å². The first-order valence-electron chi connectivity index (χ1n) is 10.0. The Morgan fingerprint density at radius 2 is 1.80 bits per heavy atom. The predicted molar refractivity (Wildman–Crippen MR) is 130 cm³/mol. The van der Waals surface area contributed by atoms with Crippen LogP contribution in [0.25, 0.3) is 29.5 Å². The van der Waals surface area contributed by atoms with Crippen LogP contribution >= 0.6 is 11.3 Å². The van der Waals surface area contributed by atoms with E-state index in [1.54, 1.807) is 30.6 Å². The molecule has 0 unspecified atom stereocenters. The van der Waals surface area contributed by atoms with E-state index in [-0.39, 0.29) is 0 Å². The Balaban J connectivity index is 0.00000155. The van der Waals surface area contributed by atoms with Crippen molar-refractivity contribution in [2.24, 2.45) is 0 Å². The number of allylic oxidation sites excluding steroid dienone is 1. The first-order chi connectivity index (χ1) is 14.6. The number of ether oxygens (including phenoxy) is 1. The van der Waals surface area contributed by atoms with Gasteiger partial charge in [-0.25, -0.2) is 15.0 Å². The minimum absolute atomic E-state index is 0.473. The molecular weight excluding hydrogens is 390 g/mol. The highest BCUT2D eigenvalue weighted by Crippen LogP contribution is 2.29. The van der Waals surface area contributed by atoms with Crippen molar-refractivity contribution in [3.63, 3.8) is 0 Å². The lowest BCUT2D eigenvalue weighted by atomic mass is 10.1. The Morgan fingerprint density at radius 3 is 2.43 bits per heavy atom. The zero-order valence-electron chi connectivity index (χ0n) is 18.2. The van der Waals surface area contributed by atoms with E-state index in [0.717, 1.165) is 34.7 Å². The van der Waals surface area contributed by atoms with Crippen LogP contribution in [-0.4, -0.2) is 22.1 Å². The molecule has 0 saturated carbocycles. The molecule has 30 heavy (non-hydrogen) atoms. The van der Waals surface area contributed by atoms with Crippen molar-refractivity contribution in [3.8, 4) is 17.1 Å². The Hall–Kier alpha value is -3.05. The van der Waals surface area contributed by atoms with E-state index >= 15 is 0 Å². The van der Waals surface area contributed by atoms with E-state index in [9.17, 15) is 0 Å². The van der Waals surface area contributed by atoms with Crippen molar-refractivity contribution in [1.29, 1.82) is 0 Å². The monoisotopic (exact) mass is 419 g/mol. The second-order valence-corrected chi connectivity index (χ2v) is 7.25. The molecule has 0 fully saturated rings. The van der Waals surface area contributed by atoms with Gasteiger partial charge < -0.3 is 4.74 Å². The SMILES string of the molecule is C=Cc1nc(OC)c(-c2cccc(/C=C/CCc3csc(C)n3)c2)nc1C=C.CC. The lowest BCUT2D eigenvalue weighted by Gasteiger charge is -2.10. The fourth-order valence-electron chi connectivity index (χ4n) is 2.84.